The van der Waals surface area contributed by atoms with Gasteiger partial charge < -0.3 is 0 Å². The zero-order valence-corrected chi connectivity index (χ0v) is 15.4. The molecule has 0 aliphatic rings. The molecular formula is C17H10Cl2FN5S. The van der Waals surface area contributed by atoms with E-state index in [0.29, 0.717) is 37.6 Å². The molecule has 0 saturated carbocycles. The van der Waals surface area contributed by atoms with Gasteiger partial charge in [0.25, 0.3) is 0 Å². The minimum absolute atomic E-state index is 0.321. The van der Waals surface area contributed by atoms with Gasteiger partial charge in [0.05, 0.1) is 5.69 Å². The van der Waals surface area contributed by atoms with E-state index in [1.165, 1.54) is 24.2 Å². The third kappa shape index (κ3) is 3.25. The maximum absolute atomic E-state index is 14.0. The Kier molecular flexibility index (Phi) is 4.76. The zero-order chi connectivity index (χ0) is 18.1. The number of fused-ring (bicyclic) bond motifs is 1. The second-order valence-electron chi connectivity index (χ2n) is 5.32. The normalized spacial score (nSPS) is 11.2. The molecule has 0 aliphatic carbocycles. The van der Waals surface area contributed by atoms with Gasteiger partial charge in [-0.05, 0) is 30.3 Å². The van der Waals surface area contributed by atoms with Crippen LogP contribution in [0.25, 0.3) is 16.9 Å². The molecule has 0 saturated heterocycles. The van der Waals surface area contributed by atoms with Gasteiger partial charge in [0.2, 0.25) is 0 Å². The van der Waals surface area contributed by atoms with Crippen LogP contribution in [0.2, 0.25) is 10.0 Å². The molecule has 0 spiro atoms. The topological polar surface area (TPSA) is 56.5 Å². The summed E-state index contributed by atoms with van der Waals surface area (Å²) in [6.07, 6.45) is 1.43. The third-order valence-corrected chi connectivity index (χ3v) is 5.27. The number of thioether (sulfide) groups is 1. The van der Waals surface area contributed by atoms with Crippen molar-refractivity contribution in [3.8, 4) is 5.69 Å². The molecule has 26 heavy (non-hydrogen) atoms. The van der Waals surface area contributed by atoms with Crippen LogP contribution in [-0.4, -0.2) is 25.0 Å². The molecule has 0 N–H and O–H groups in total. The number of halogens is 3. The molecule has 0 radical (unpaired) electrons. The standard InChI is InChI=1S/C17H10Cl2FN5S/c18-10-3-1-4-11(7-10)25-16-15(23-24-25)17(22-9-21-16)26-8-12-13(19)5-2-6-14(12)20/h1-7,9H,8H2. The van der Waals surface area contributed by atoms with E-state index in [9.17, 15) is 4.39 Å². The second kappa shape index (κ2) is 7.19. The van der Waals surface area contributed by atoms with Crippen molar-refractivity contribution in [2.75, 3.05) is 0 Å². The van der Waals surface area contributed by atoms with Crippen LogP contribution >= 0.6 is 35.0 Å². The van der Waals surface area contributed by atoms with Crippen LogP contribution in [-0.2, 0) is 5.75 Å². The smallest absolute Gasteiger partial charge is 0.187 e. The van der Waals surface area contributed by atoms with Crippen molar-refractivity contribution >= 4 is 46.1 Å². The van der Waals surface area contributed by atoms with Gasteiger partial charge in [-0.25, -0.2) is 14.4 Å². The van der Waals surface area contributed by atoms with E-state index in [0.717, 1.165) is 5.69 Å². The summed E-state index contributed by atoms with van der Waals surface area (Å²) in [7, 11) is 0. The van der Waals surface area contributed by atoms with Gasteiger partial charge in [-0.15, -0.1) is 5.10 Å². The Morgan fingerprint density at radius 2 is 1.92 bits per heavy atom. The van der Waals surface area contributed by atoms with Crippen molar-refractivity contribution in [3.63, 3.8) is 0 Å². The highest BCUT2D eigenvalue weighted by atomic mass is 35.5. The Labute approximate surface area is 162 Å². The highest BCUT2D eigenvalue weighted by Gasteiger charge is 2.15. The van der Waals surface area contributed by atoms with Crippen LogP contribution in [0.3, 0.4) is 0 Å². The van der Waals surface area contributed by atoms with Crippen molar-refractivity contribution in [3.05, 3.63) is 70.2 Å². The lowest BCUT2D eigenvalue weighted by atomic mass is 10.2. The summed E-state index contributed by atoms with van der Waals surface area (Å²) in [5, 5.41) is 9.90. The molecule has 9 heteroatoms. The molecule has 0 atom stereocenters. The van der Waals surface area contributed by atoms with Gasteiger partial charge in [0.1, 0.15) is 17.2 Å². The average Bonchev–Trinajstić information content (AvgIpc) is 3.06. The van der Waals surface area contributed by atoms with Gasteiger partial charge >= 0.3 is 0 Å². The van der Waals surface area contributed by atoms with Crippen molar-refractivity contribution in [2.45, 2.75) is 10.8 Å². The largest absolute Gasteiger partial charge is 0.227 e. The first-order chi connectivity index (χ1) is 12.6. The number of benzene rings is 2. The van der Waals surface area contributed by atoms with E-state index >= 15 is 0 Å². The number of rotatable bonds is 4. The Morgan fingerprint density at radius 1 is 1.08 bits per heavy atom. The van der Waals surface area contributed by atoms with E-state index in [4.69, 9.17) is 23.2 Å². The molecule has 130 valence electrons. The van der Waals surface area contributed by atoms with Crippen LogP contribution < -0.4 is 0 Å². The van der Waals surface area contributed by atoms with Crippen molar-refractivity contribution in [1.29, 1.82) is 0 Å². The molecule has 5 nitrogen and oxygen atoms in total. The lowest BCUT2D eigenvalue weighted by Gasteiger charge is -2.05. The van der Waals surface area contributed by atoms with E-state index in [1.54, 1.807) is 28.9 Å². The molecule has 4 aromatic rings. The first-order valence-corrected chi connectivity index (χ1v) is 9.25. The summed E-state index contributed by atoms with van der Waals surface area (Å²) in [4.78, 5) is 8.52. The van der Waals surface area contributed by atoms with Crippen LogP contribution in [0.5, 0.6) is 0 Å². The highest BCUT2D eigenvalue weighted by molar-refractivity contribution is 7.98. The van der Waals surface area contributed by atoms with Crippen LogP contribution in [0.15, 0.2) is 53.8 Å². The van der Waals surface area contributed by atoms with Gasteiger partial charge in [-0.3, -0.25) is 0 Å². The van der Waals surface area contributed by atoms with Crippen LogP contribution in [0.4, 0.5) is 4.39 Å². The van der Waals surface area contributed by atoms with Crippen molar-refractivity contribution in [1.82, 2.24) is 25.0 Å². The predicted molar refractivity (Wildman–Crippen MR) is 100 cm³/mol. The highest BCUT2D eigenvalue weighted by Crippen LogP contribution is 2.30. The lowest BCUT2D eigenvalue weighted by molar-refractivity contribution is 0.617. The number of aromatic nitrogens is 5. The van der Waals surface area contributed by atoms with Gasteiger partial charge in [-0.2, -0.15) is 4.68 Å². The Balaban J connectivity index is 1.69. The molecule has 0 fully saturated rings. The molecule has 2 aromatic heterocycles. The van der Waals surface area contributed by atoms with E-state index in [1.807, 2.05) is 12.1 Å². The summed E-state index contributed by atoms with van der Waals surface area (Å²) in [5.74, 6) is -0.0281. The molecule has 4 rings (SSSR count). The van der Waals surface area contributed by atoms with E-state index < -0.39 is 0 Å². The molecule has 0 aliphatic heterocycles. The number of hydrogen-bond donors (Lipinski definition) is 0. The quantitative estimate of drug-likeness (QED) is 0.355. The van der Waals surface area contributed by atoms with Gasteiger partial charge in [0, 0.05) is 21.4 Å². The third-order valence-electron chi connectivity index (χ3n) is 3.67. The SMILES string of the molecule is Fc1cccc(Cl)c1CSc1ncnc2c1nnn2-c1cccc(Cl)c1. The summed E-state index contributed by atoms with van der Waals surface area (Å²) in [5.41, 5.74) is 2.24. The fraction of sp³-hybridized carbons (Fsp3) is 0.0588. The van der Waals surface area contributed by atoms with Crippen molar-refractivity contribution in [2.24, 2.45) is 0 Å². The maximum Gasteiger partial charge on any atom is 0.187 e. The van der Waals surface area contributed by atoms with Crippen LogP contribution in [0, 0.1) is 5.82 Å². The zero-order valence-electron chi connectivity index (χ0n) is 13.1. The molecule has 0 bridgehead atoms. The summed E-state index contributed by atoms with van der Waals surface area (Å²) >= 11 is 13.5. The predicted octanol–water partition coefficient (Wildman–Crippen LogP) is 4.95. The number of nitrogens with zero attached hydrogens (tertiary/aromatic N) is 5. The molecule has 0 amide bonds. The molecule has 0 unspecified atom stereocenters. The first-order valence-electron chi connectivity index (χ1n) is 7.51. The lowest BCUT2D eigenvalue weighted by Crippen LogP contribution is -1.98. The van der Waals surface area contributed by atoms with E-state index in [-0.39, 0.29) is 5.82 Å². The Hall–Kier alpha value is -2.22. The van der Waals surface area contributed by atoms with Gasteiger partial charge in [0.15, 0.2) is 11.2 Å². The second-order valence-corrected chi connectivity index (χ2v) is 7.13. The summed E-state index contributed by atoms with van der Waals surface area (Å²) in [6, 6.07) is 11.8. The minimum Gasteiger partial charge on any atom is -0.227 e. The Bertz CT molecular complexity index is 1080. The fourth-order valence-corrected chi connectivity index (χ4v) is 3.88. The number of hydrogen-bond acceptors (Lipinski definition) is 5. The summed E-state index contributed by atoms with van der Waals surface area (Å²) < 4.78 is 15.5. The Morgan fingerprint density at radius 3 is 2.73 bits per heavy atom. The fourth-order valence-electron chi connectivity index (χ4n) is 2.43. The molecule has 2 aromatic carbocycles. The summed E-state index contributed by atoms with van der Waals surface area (Å²) in [6.45, 7) is 0. The van der Waals surface area contributed by atoms with Crippen molar-refractivity contribution < 1.29 is 4.39 Å². The molecular weight excluding hydrogens is 396 g/mol. The monoisotopic (exact) mass is 405 g/mol. The molecule has 2 heterocycles. The minimum atomic E-state index is -0.349. The average molecular weight is 406 g/mol. The van der Waals surface area contributed by atoms with E-state index in [2.05, 4.69) is 20.3 Å². The maximum atomic E-state index is 14.0. The first kappa shape index (κ1) is 17.2. The van der Waals surface area contributed by atoms with Gasteiger partial charge in [-0.1, -0.05) is 52.3 Å². The van der Waals surface area contributed by atoms with Crippen LogP contribution in [0.1, 0.15) is 5.56 Å².